The number of H-pyrrole nitrogens is 1. The molecule has 2 aliphatic heterocycles. The summed E-state index contributed by atoms with van der Waals surface area (Å²) in [7, 11) is 0. The lowest BCUT2D eigenvalue weighted by Crippen LogP contribution is -2.54. The van der Waals surface area contributed by atoms with Crippen molar-refractivity contribution in [1.82, 2.24) is 15.6 Å². The van der Waals surface area contributed by atoms with Crippen molar-refractivity contribution in [2.24, 2.45) is 0 Å². The van der Waals surface area contributed by atoms with Crippen LogP contribution in [0.3, 0.4) is 0 Å². The fourth-order valence-electron chi connectivity index (χ4n) is 3.91. The highest BCUT2D eigenvalue weighted by atomic mass is 16.1. The minimum absolute atomic E-state index is 0.0532. The number of benzene rings is 1. The first-order chi connectivity index (χ1) is 10.3. The van der Waals surface area contributed by atoms with Gasteiger partial charge in [0.15, 0.2) is 0 Å². The number of rotatable bonds is 2. The van der Waals surface area contributed by atoms with Crippen molar-refractivity contribution in [3.05, 3.63) is 36.0 Å². The molecule has 2 bridgehead atoms. The molecule has 0 saturated carbocycles. The van der Waals surface area contributed by atoms with Crippen LogP contribution in [0.1, 0.15) is 42.5 Å². The quantitative estimate of drug-likeness (QED) is 0.793. The van der Waals surface area contributed by atoms with Crippen LogP contribution < -0.4 is 10.6 Å². The summed E-state index contributed by atoms with van der Waals surface area (Å²) in [6, 6.07) is 9.44. The summed E-state index contributed by atoms with van der Waals surface area (Å²) >= 11 is 0. The van der Waals surface area contributed by atoms with Crippen molar-refractivity contribution in [2.45, 2.75) is 50.2 Å². The molecule has 1 amide bonds. The summed E-state index contributed by atoms with van der Waals surface area (Å²) in [4.78, 5) is 15.7. The zero-order chi connectivity index (χ0) is 14.2. The number of amides is 1. The van der Waals surface area contributed by atoms with Gasteiger partial charge in [0.05, 0.1) is 5.56 Å². The first-order valence-electron chi connectivity index (χ1n) is 7.92. The van der Waals surface area contributed by atoms with Gasteiger partial charge < -0.3 is 15.6 Å². The van der Waals surface area contributed by atoms with E-state index in [-0.39, 0.29) is 5.91 Å². The van der Waals surface area contributed by atoms with Crippen LogP contribution in [-0.4, -0.2) is 29.0 Å². The van der Waals surface area contributed by atoms with E-state index in [1.807, 2.05) is 30.5 Å². The van der Waals surface area contributed by atoms with Crippen LogP contribution in [0.25, 0.3) is 10.9 Å². The van der Waals surface area contributed by atoms with Crippen LogP contribution in [0.5, 0.6) is 0 Å². The fourth-order valence-corrected chi connectivity index (χ4v) is 3.91. The van der Waals surface area contributed by atoms with Gasteiger partial charge in [-0.25, -0.2) is 0 Å². The molecule has 21 heavy (non-hydrogen) atoms. The van der Waals surface area contributed by atoms with E-state index in [1.54, 1.807) is 0 Å². The zero-order valence-corrected chi connectivity index (χ0v) is 12.1. The Morgan fingerprint density at radius 2 is 1.90 bits per heavy atom. The normalized spacial score (nSPS) is 28.5. The molecule has 4 rings (SSSR count). The number of hydrogen-bond donors (Lipinski definition) is 3. The maximum atomic E-state index is 12.6. The highest BCUT2D eigenvalue weighted by Gasteiger charge is 2.32. The molecule has 3 atom stereocenters. The average molecular weight is 283 g/mol. The van der Waals surface area contributed by atoms with Crippen LogP contribution in [0, 0.1) is 0 Å². The predicted octanol–water partition coefficient (Wildman–Crippen LogP) is 2.57. The smallest absolute Gasteiger partial charge is 0.253 e. The van der Waals surface area contributed by atoms with E-state index in [1.165, 1.54) is 19.3 Å². The third kappa shape index (κ3) is 2.44. The first-order valence-corrected chi connectivity index (χ1v) is 7.92. The third-order valence-corrected chi connectivity index (χ3v) is 4.88. The van der Waals surface area contributed by atoms with Crippen molar-refractivity contribution in [2.75, 3.05) is 0 Å². The van der Waals surface area contributed by atoms with Crippen LogP contribution >= 0.6 is 0 Å². The molecule has 2 aromatic rings. The van der Waals surface area contributed by atoms with E-state index in [4.69, 9.17) is 0 Å². The Balaban J connectivity index is 1.50. The molecule has 0 aliphatic carbocycles. The minimum atomic E-state index is 0.0532. The number of carbonyl (C=O) groups excluding carboxylic acids is 1. The number of piperidine rings is 2. The summed E-state index contributed by atoms with van der Waals surface area (Å²) in [5.41, 5.74) is 1.78. The number of fused-ring (bicyclic) bond motifs is 3. The maximum Gasteiger partial charge on any atom is 0.253 e. The number of para-hydroxylation sites is 1. The molecule has 1 aromatic heterocycles. The molecule has 4 heteroatoms. The standard InChI is InChI=1S/C17H21N3O/c21-17(15-10-18-16-7-2-1-6-14(15)16)20-13-8-11-4-3-5-12(9-13)19-11/h1-2,6-7,10-13,18-19H,3-5,8-9H2,(H,20,21)/t11-,12+,13?. The van der Waals surface area contributed by atoms with Crippen LogP contribution in [0.4, 0.5) is 0 Å². The Labute approximate surface area is 124 Å². The topological polar surface area (TPSA) is 56.9 Å². The summed E-state index contributed by atoms with van der Waals surface area (Å²) in [6.45, 7) is 0. The van der Waals surface area contributed by atoms with E-state index < -0.39 is 0 Å². The Morgan fingerprint density at radius 1 is 1.14 bits per heavy atom. The van der Waals surface area contributed by atoms with E-state index in [9.17, 15) is 4.79 Å². The molecular formula is C17H21N3O. The minimum Gasteiger partial charge on any atom is -0.360 e. The zero-order valence-electron chi connectivity index (χ0n) is 12.1. The lowest BCUT2D eigenvalue weighted by Gasteiger charge is -2.40. The molecule has 0 spiro atoms. The van der Waals surface area contributed by atoms with Gasteiger partial charge in [-0.05, 0) is 31.7 Å². The first kappa shape index (κ1) is 12.9. The van der Waals surface area contributed by atoms with Gasteiger partial charge in [0.2, 0.25) is 0 Å². The largest absolute Gasteiger partial charge is 0.360 e. The van der Waals surface area contributed by atoms with Crippen molar-refractivity contribution >= 4 is 16.8 Å². The van der Waals surface area contributed by atoms with Crippen LogP contribution in [0.15, 0.2) is 30.5 Å². The Hall–Kier alpha value is -1.81. The van der Waals surface area contributed by atoms with E-state index in [2.05, 4.69) is 15.6 Å². The monoisotopic (exact) mass is 283 g/mol. The highest BCUT2D eigenvalue weighted by Crippen LogP contribution is 2.26. The van der Waals surface area contributed by atoms with Gasteiger partial charge in [-0.1, -0.05) is 24.6 Å². The second kappa shape index (κ2) is 5.19. The molecule has 1 aromatic carbocycles. The van der Waals surface area contributed by atoms with Crippen molar-refractivity contribution in [1.29, 1.82) is 0 Å². The number of nitrogens with one attached hydrogen (secondary N) is 3. The number of aromatic nitrogens is 1. The summed E-state index contributed by atoms with van der Waals surface area (Å²) in [6.07, 6.45) is 7.76. The number of carbonyl (C=O) groups is 1. The van der Waals surface area contributed by atoms with E-state index >= 15 is 0 Å². The number of hydrogen-bond acceptors (Lipinski definition) is 2. The molecule has 2 fully saturated rings. The van der Waals surface area contributed by atoms with Gasteiger partial charge in [-0.15, -0.1) is 0 Å². The molecule has 4 nitrogen and oxygen atoms in total. The van der Waals surface area contributed by atoms with Crippen LogP contribution in [-0.2, 0) is 0 Å². The van der Waals surface area contributed by atoms with Gasteiger partial charge in [-0.3, -0.25) is 4.79 Å². The molecule has 2 saturated heterocycles. The van der Waals surface area contributed by atoms with Crippen LogP contribution in [0.2, 0.25) is 0 Å². The fraction of sp³-hybridized carbons (Fsp3) is 0.471. The van der Waals surface area contributed by atoms with Crippen molar-refractivity contribution in [3.8, 4) is 0 Å². The molecule has 1 unspecified atom stereocenters. The summed E-state index contributed by atoms with van der Waals surface area (Å²) in [5.74, 6) is 0.0532. The van der Waals surface area contributed by atoms with Crippen molar-refractivity contribution < 1.29 is 4.79 Å². The van der Waals surface area contributed by atoms with Crippen molar-refractivity contribution in [3.63, 3.8) is 0 Å². The summed E-state index contributed by atoms with van der Waals surface area (Å²) < 4.78 is 0. The van der Waals surface area contributed by atoms with Gasteiger partial charge in [0.1, 0.15) is 0 Å². The van der Waals surface area contributed by atoms with E-state index in [0.717, 1.165) is 29.3 Å². The lowest BCUT2D eigenvalue weighted by atomic mass is 9.84. The molecule has 2 aliphatic rings. The molecule has 0 radical (unpaired) electrons. The van der Waals surface area contributed by atoms with Gasteiger partial charge in [0, 0.05) is 35.2 Å². The highest BCUT2D eigenvalue weighted by molar-refractivity contribution is 6.06. The predicted molar refractivity (Wildman–Crippen MR) is 83.3 cm³/mol. The molecule has 3 N–H and O–H groups in total. The van der Waals surface area contributed by atoms with Gasteiger partial charge in [0.25, 0.3) is 5.91 Å². The molecule has 110 valence electrons. The van der Waals surface area contributed by atoms with Gasteiger partial charge >= 0.3 is 0 Å². The maximum absolute atomic E-state index is 12.6. The Kier molecular flexibility index (Phi) is 3.19. The van der Waals surface area contributed by atoms with E-state index in [0.29, 0.717) is 18.1 Å². The molecule has 3 heterocycles. The third-order valence-electron chi connectivity index (χ3n) is 4.88. The second-order valence-electron chi connectivity index (χ2n) is 6.38. The SMILES string of the molecule is O=C(NC1C[C@H]2CCC[C@@H](C1)N2)c1c[nH]c2ccccc12. The molecular weight excluding hydrogens is 262 g/mol. The Bertz CT molecular complexity index is 651. The van der Waals surface area contributed by atoms with Gasteiger partial charge in [-0.2, -0.15) is 0 Å². The lowest BCUT2D eigenvalue weighted by molar-refractivity contribution is 0.0909. The number of aromatic amines is 1. The Morgan fingerprint density at radius 3 is 2.71 bits per heavy atom. The summed E-state index contributed by atoms with van der Waals surface area (Å²) in [5, 5.41) is 7.91. The average Bonchev–Trinajstić information content (AvgIpc) is 2.91. The second-order valence-corrected chi connectivity index (χ2v) is 6.38.